The zero-order valence-electron chi connectivity index (χ0n) is 12.7. The first kappa shape index (κ1) is 16.2. The fraction of sp³-hybridized carbons (Fsp3) is 0. The van der Waals surface area contributed by atoms with Crippen LogP contribution in [0.15, 0.2) is 53.2 Å². The van der Waals surface area contributed by atoms with E-state index in [4.69, 9.17) is 11.3 Å². The third-order valence-electron chi connectivity index (χ3n) is 3.36. The van der Waals surface area contributed by atoms with E-state index in [1.807, 2.05) is 0 Å². The number of hydrogen-bond donors (Lipinski definition) is 4. The smallest absolute Gasteiger partial charge is 0.182 e. The molecule has 0 saturated carbocycles. The van der Waals surface area contributed by atoms with Crippen LogP contribution in [0.3, 0.4) is 0 Å². The van der Waals surface area contributed by atoms with E-state index in [2.05, 4.69) is 30.8 Å². The van der Waals surface area contributed by atoms with Gasteiger partial charge in [-0.1, -0.05) is 11.3 Å². The van der Waals surface area contributed by atoms with Crippen molar-refractivity contribution in [3.8, 4) is 11.1 Å². The molecule has 0 aliphatic carbocycles. The monoisotopic (exact) mass is 342 g/mol. The van der Waals surface area contributed by atoms with E-state index in [1.165, 1.54) is 18.3 Å². The summed E-state index contributed by atoms with van der Waals surface area (Å²) >= 11 is 0. The molecule has 2 aromatic heterocycles. The van der Waals surface area contributed by atoms with E-state index in [-0.39, 0.29) is 22.9 Å². The average Bonchev–Trinajstić information content (AvgIpc) is 3.13. The highest BCUT2D eigenvalue weighted by Crippen LogP contribution is 2.23. The summed E-state index contributed by atoms with van der Waals surface area (Å²) in [7, 11) is 0. The van der Waals surface area contributed by atoms with E-state index < -0.39 is 11.6 Å². The maximum Gasteiger partial charge on any atom is 0.182 e. The van der Waals surface area contributed by atoms with Gasteiger partial charge in [-0.3, -0.25) is 5.10 Å². The van der Waals surface area contributed by atoms with Gasteiger partial charge in [0.1, 0.15) is 5.82 Å². The predicted octanol–water partition coefficient (Wildman–Crippen LogP) is 3.14. The Hall–Kier alpha value is -3.69. The molecule has 126 valence electrons. The van der Waals surface area contributed by atoms with E-state index in [9.17, 15) is 8.78 Å². The van der Waals surface area contributed by atoms with Crippen molar-refractivity contribution in [3.05, 3.63) is 60.1 Å². The molecule has 25 heavy (non-hydrogen) atoms. The maximum absolute atomic E-state index is 13.9. The fourth-order valence-corrected chi connectivity index (χ4v) is 2.16. The van der Waals surface area contributed by atoms with Crippen LogP contribution in [0.2, 0.25) is 0 Å². The van der Waals surface area contributed by atoms with Crippen molar-refractivity contribution in [2.45, 2.75) is 0 Å². The van der Waals surface area contributed by atoms with Crippen LogP contribution >= 0.6 is 0 Å². The van der Waals surface area contributed by atoms with Gasteiger partial charge in [-0.15, -0.1) is 5.10 Å². The first-order chi connectivity index (χ1) is 12.1. The Balaban J connectivity index is 2.04. The third-order valence-corrected chi connectivity index (χ3v) is 3.36. The Bertz CT molecular complexity index is 937. The Morgan fingerprint density at radius 1 is 1.24 bits per heavy atom. The third kappa shape index (κ3) is 3.32. The summed E-state index contributed by atoms with van der Waals surface area (Å²) in [6, 6.07) is 5.27. The number of benzene rings is 1. The van der Waals surface area contributed by atoms with Crippen LogP contribution in [0.1, 0.15) is 5.56 Å². The maximum atomic E-state index is 13.9. The summed E-state index contributed by atoms with van der Waals surface area (Å²) in [5.41, 5.74) is 14.3. The molecule has 3 aromatic rings. The van der Waals surface area contributed by atoms with Crippen molar-refractivity contribution >= 4 is 17.3 Å². The summed E-state index contributed by atoms with van der Waals surface area (Å²) < 4.78 is 27.3. The van der Waals surface area contributed by atoms with Crippen LogP contribution in [0, 0.1) is 17.2 Å². The lowest BCUT2D eigenvalue weighted by Gasteiger charge is -2.12. The number of hydrogen-bond acceptors (Lipinski definition) is 5. The van der Waals surface area contributed by atoms with Crippen LogP contribution < -0.4 is 11.1 Å². The minimum absolute atomic E-state index is 0.0464. The standard InChI is InChI=1S/C15H12F2N8/c16-11-2-1-3-12(13(11)17)23-15(24-25-19)10-4-8(5-20-14(10)18)9-6-21-22-7-9/h1-7H,(H2,18,20)(H,21,22)(H2,19,23,24). The molecule has 0 atom stereocenters. The van der Waals surface area contributed by atoms with Gasteiger partial charge in [-0.25, -0.2) is 13.8 Å². The number of pyridine rings is 1. The number of amidine groups is 1. The number of halogens is 2. The molecule has 0 aliphatic heterocycles. The molecule has 0 bridgehead atoms. The summed E-state index contributed by atoms with van der Waals surface area (Å²) in [4.78, 5) is 4.06. The van der Waals surface area contributed by atoms with Crippen molar-refractivity contribution in [2.24, 2.45) is 10.3 Å². The van der Waals surface area contributed by atoms with E-state index in [0.717, 1.165) is 11.6 Å². The number of aromatic amines is 1. The molecule has 0 spiro atoms. The van der Waals surface area contributed by atoms with Gasteiger partial charge >= 0.3 is 0 Å². The Kier molecular flexibility index (Phi) is 4.42. The number of anilines is 2. The topological polar surface area (TPSA) is 128 Å². The lowest BCUT2D eigenvalue weighted by Crippen LogP contribution is -2.17. The molecule has 8 nitrogen and oxygen atoms in total. The number of aromatic nitrogens is 3. The molecule has 10 heteroatoms. The second-order valence-electron chi connectivity index (χ2n) is 4.92. The van der Waals surface area contributed by atoms with Gasteiger partial charge in [-0.2, -0.15) is 10.6 Å². The van der Waals surface area contributed by atoms with Crippen molar-refractivity contribution in [1.82, 2.24) is 15.2 Å². The molecule has 5 N–H and O–H groups in total. The normalized spacial score (nSPS) is 11.4. The number of nitrogen functional groups attached to an aromatic ring is 1. The van der Waals surface area contributed by atoms with E-state index in [0.29, 0.717) is 5.56 Å². The Morgan fingerprint density at radius 2 is 2.08 bits per heavy atom. The van der Waals surface area contributed by atoms with Crippen LogP contribution in [0.25, 0.3) is 11.1 Å². The summed E-state index contributed by atoms with van der Waals surface area (Å²) in [6.45, 7) is 0. The Labute approximate surface area is 140 Å². The molecule has 0 aliphatic rings. The molecule has 2 heterocycles. The van der Waals surface area contributed by atoms with Gasteiger partial charge in [0.25, 0.3) is 0 Å². The van der Waals surface area contributed by atoms with Crippen molar-refractivity contribution in [2.75, 3.05) is 11.1 Å². The SMILES string of the molecule is N=N/N=C(\Nc1cccc(F)c1F)c1cc(-c2cn[nH]c2)cnc1N. The highest BCUT2D eigenvalue weighted by Gasteiger charge is 2.15. The highest BCUT2D eigenvalue weighted by molar-refractivity contribution is 6.11. The second-order valence-corrected chi connectivity index (χ2v) is 4.92. The molecular weight excluding hydrogens is 330 g/mol. The lowest BCUT2D eigenvalue weighted by molar-refractivity contribution is 0.512. The summed E-state index contributed by atoms with van der Waals surface area (Å²) in [5, 5.41) is 15.7. The van der Waals surface area contributed by atoms with Gasteiger partial charge in [-0.05, 0) is 18.2 Å². The van der Waals surface area contributed by atoms with Crippen molar-refractivity contribution < 1.29 is 8.78 Å². The molecule has 1 aromatic carbocycles. The average molecular weight is 342 g/mol. The summed E-state index contributed by atoms with van der Waals surface area (Å²) in [6.07, 6.45) is 4.77. The van der Waals surface area contributed by atoms with Crippen LogP contribution in [-0.2, 0) is 0 Å². The van der Waals surface area contributed by atoms with Gasteiger partial charge < -0.3 is 11.1 Å². The molecule has 0 amide bonds. The number of nitrogens with two attached hydrogens (primary N) is 1. The van der Waals surface area contributed by atoms with Gasteiger partial charge in [0, 0.05) is 23.5 Å². The van der Waals surface area contributed by atoms with Crippen LogP contribution in [0.4, 0.5) is 20.3 Å². The summed E-state index contributed by atoms with van der Waals surface area (Å²) in [5.74, 6) is -2.07. The minimum atomic E-state index is -1.09. The van der Waals surface area contributed by atoms with Crippen LogP contribution in [-0.4, -0.2) is 21.0 Å². The second kappa shape index (κ2) is 6.83. The highest BCUT2D eigenvalue weighted by atomic mass is 19.2. The lowest BCUT2D eigenvalue weighted by atomic mass is 10.1. The molecule has 0 unspecified atom stereocenters. The predicted molar refractivity (Wildman–Crippen MR) is 87.9 cm³/mol. The first-order valence-electron chi connectivity index (χ1n) is 7.00. The Morgan fingerprint density at radius 3 is 2.80 bits per heavy atom. The largest absolute Gasteiger partial charge is 0.383 e. The molecule has 3 rings (SSSR count). The first-order valence-corrected chi connectivity index (χ1v) is 7.00. The van der Waals surface area contributed by atoms with E-state index >= 15 is 0 Å². The van der Waals surface area contributed by atoms with E-state index in [1.54, 1.807) is 18.5 Å². The molecule has 0 saturated heterocycles. The zero-order chi connectivity index (χ0) is 17.8. The molecular formula is C15H12F2N8. The number of nitrogens with one attached hydrogen (secondary N) is 3. The molecule has 0 fully saturated rings. The number of H-pyrrole nitrogens is 1. The van der Waals surface area contributed by atoms with Gasteiger partial charge in [0.05, 0.1) is 17.4 Å². The van der Waals surface area contributed by atoms with Crippen LogP contribution in [0.5, 0.6) is 0 Å². The van der Waals surface area contributed by atoms with Gasteiger partial charge in [0.15, 0.2) is 17.5 Å². The van der Waals surface area contributed by atoms with Gasteiger partial charge in [0.2, 0.25) is 0 Å². The minimum Gasteiger partial charge on any atom is -0.383 e. The molecule has 0 radical (unpaired) electrons. The number of nitrogens with zero attached hydrogens (tertiary/aromatic N) is 4. The van der Waals surface area contributed by atoms with Crippen molar-refractivity contribution in [1.29, 1.82) is 5.53 Å². The number of rotatable bonds is 4. The quantitative estimate of drug-likeness (QED) is 0.251. The fourth-order valence-electron chi connectivity index (χ4n) is 2.16. The zero-order valence-corrected chi connectivity index (χ0v) is 12.7. The van der Waals surface area contributed by atoms with Crippen molar-refractivity contribution in [3.63, 3.8) is 0 Å².